The smallest absolute Gasteiger partial charge is 0.411 e. The van der Waals surface area contributed by atoms with Crippen molar-refractivity contribution in [3.63, 3.8) is 0 Å². The number of benzene rings is 1. The van der Waals surface area contributed by atoms with E-state index >= 15 is 0 Å². The summed E-state index contributed by atoms with van der Waals surface area (Å²) in [4.78, 5) is 25.0. The van der Waals surface area contributed by atoms with Gasteiger partial charge in [0.2, 0.25) is 0 Å². The monoisotopic (exact) mass is 277 g/mol. The molecule has 0 aromatic heterocycles. The molecule has 0 radical (unpaired) electrons. The molecule has 0 fully saturated rings. The Labute approximate surface area is 118 Å². The number of rotatable bonds is 1. The van der Waals surface area contributed by atoms with Gasteiger partial charge < -0.3 is 9.84 Å². The van der Waals surface area contributed by atoms with Crippen LogP contribution in [-0.4, -0.2) is 29.3 Å². The van der Waals surface area contributed by atoms with Crippen LogP contribution in [0.5, 0.6) is 0 Å². The Morgan fingerprint density at radius 3 is 2.45 bits per heavy atom. The van der Waals surface area contributed by atoms with Crippen molar-refractivity contribution in [3.8, 4) is 0 Å². The summed E-state index contributed by atoms with van der Waals surface area (Å²) in [6.07, 6.45) is -1.07. The number of esters is 1. The third-order valence-corrected chi connectivity index (χ3v) is 3.34. The van der Waals surface area contributed by atoms with Gasteiger partial charge in [0, 0.05) is 6.54 Å². The van der Waals surface area contributed by atoms with Crippen LogP contribution in [0.3, 0.4) is 0 Å². The number of carbonyl (C=O) groups is 2. The van der Waals surface area contributed by atoms with E-state index in [1.165, 1.54) is 4.90 Å². The molecular formula is C15H19NO4. The van der Waals surface area contributed by atoms with Gasteiger partial charge in [-0.2, -0.15) is 0 Å². The number of hydrogen-bond acceptors (Lipinski definition) is 3. The van der Waals surface area contributed by atoms with E-state index in [1.54, 1.807) is 52.0 Å². The zero-order valence-electron chi connectivity index (χ0n) is 12.1. The molecule has 5 heteroatoms. The molecule has 0 saturated carbocycles. The van der Waals surface area contributed by atoms with E-state index < -0.39 is 23.1 Å². The van der Waals surface area contributed by atoms with Gasteiger partial charge in [0.15, 0.2) is 0 Å². The molecule has 1 aromatic carbocycles. The van der Waals surface area contributed by atoms with Crippen LogP contribution in [0.1, 0.15) is 33.3 Å². The Morgan fingerprint density at radius 2 is 1.90 bits per heavy atom. The van der Waals surface area contributed by atoms with E-state index in [0.717, 1.165) is 0 Å². The van der Waals surface area contributed by atoms with Gasteiger partial charge in [-0.3, -0.25) is 9.69 Å². The number of carbonyl (C=O) groups excluding carboxylic acids is 1. The van der Waals surface area contributed by atoms with E-state index in [0.29, 0.717) is 11.3 Å². The van der Waals surface area contributed by atoms with Gasteiger partial charge in [0.25, 0.3) is 0 Å². The Balaban J connectivity index is 2.43. The Bertz CT molecular complexity index is 561. The molecule has 1 unspecified atom stereocenters. The standard InChI is InChI=1S/C15H19NO4/c1-14(2,3)20-12(17)15(4)9-16(13(18)19)11-8-6-5-7-10(11)15/h5-8H,9H2,1-4H3,(H,18,19). The first-order valence-electron chi connectivity index (χ1n) is 6.48. The summed E-state index contributed by atoms with van der Waals surface area (Å²) in [5.74, 6) is -0.402. The molecular weight excluding hydrogens is 258 g/mol. The molecule has 1 atom stereocenters. The minimum absolute atomic E-state index is 0.0800. The van der Waals surface area contributed by atoms with Crippen molar-refractivity contribution < 1.29 is 19.4 Å². The molecule has 1 heterocycles. The summed E-state index contributed by atoms with van der Waals surface area (Å²) in [7, 11) is 0. The maximum absolute atomic E-state index is 12.5. The largest absolute Gasteiger partial charge is 0.465 e. The average molecular weight is 277 g/mol. The van der Waals surface area contributed by atoms with Gasteiger partial charge in [-0.15, -0.1) is 0 Å². The molecule has 1 aromatic rings. The fourth-order valence-electron chi connectivity index (χ4n) is 2.40. The third-order valence-electron chi connectivity index (χ3n) is 3.34. The molecule has 20 heavy (non-hydrogen) atoms. The highest BCUT2D eigenvalue weighted by atomic mass is 16.6. The number of amides is 1. The molecule has 5 nitrogen and oxygen atoms in total. The molecule has 0 aliphatic carbocycles. The second-order valence-corrected chi connectivity index (χ2v) is 6.22. The third kappa shape index (κ3) is 2.35. The van der Waals surface area contributed by atoms with Gasteiger partial charge in [-0.05, 0) is 39.3 Å². The maximum Gasteiger partial charge on any atom is 0.411 e. The number of para-hydroxylation sites is 1. The molecule has 0 saturated heterocycles. The van der Waals surface area contributed by atoms with Crippen LogP contribution in [0.15, 0.2) is 24.3 Å². The molecule has 108 valence electrons. The summed E-state index contributed by atoms with van der Waals surface area (Å²) < 4.78 is 5.45. The van der Waals surface area contributed by atoms with Crippen molar-refractivity contribution in [2.45, 2.75) is 38.7 Å². The minimum atomic E-state index is -1.07. The van der Waals surface area contributed by atoms with Crippen molar-refractivity contribution in [1.82, 2.24) is 0 Å². The normalized spacial score (nSPS) is 21.5. The second-order valence-electron chi connectivity index (χ2n) is 6.22. The Kier molecular flexibility index (Phi) is 3.24. The fourth-order valence-corrected chi connectivity index (χ4v) is 2.40. The van der Waals surface area contributed by atoms with Crippen molar-refractivity contribution in [2.75, 3.05) is 11.4 Å². The molecule has 0 spiro atoms. The number of ether oxygens (including phenoxy) is 1. The van der Waals surface area contributed by atoms with E-state index in [4.69, 9.17) is 4.74 Å². The number of carboxylic acid groups (broad SMARTS) is 1. The van der Waals surface area contributed by atoms with Gasteiger partial charge >= 0.3 is 12.1 Å². The summed E-state index contributed by atoms with van der Waals surface area (Å²) >= 11 is 0. The van der Waals surface area contributed by atoms with Gasteiger partial charge in [0.1, 0.15) is 11.0 Å². The van der Waals surface area contributed by atoms with E-state index in [2.05, 4.69) is 0 Å². The lowest BCUT2D eigenvalue weighted by Crippen LogP contribution is -2.43. The van der Waals surface area contributed by atoms with E-state index in [-0.39, 0.29) is 6.54 Å². The highest BCUT2D eigenvalue weighted by Gasteiger charge is 2.48. The lowest BCUT2D eigenvalue weighted by Gasteiger charge is -2.28. The Hall–Kier alpha value is -2.04. The van der Waals surface area contributed by atoms with Crippen molar-refractivity contribution in [2.24, 2.45) is 0 Å². The lowest BCUT2D eigenvalue weighted by molar-refractivity contribution is -0.160. The summed E-state index contributed by atoms with van der Waals surface area (Å²) in [5.41, 5.74) is -0.335. The molecule has 1 aliphatic heterocycles. The zero-order valence-corrected chi connectivity index (χ0v) is 12.1. The summed E-state index contributed by atoms with van der Waals surface area (Å²) in [5, 5.41) is 9.28. The van der Waals surface area contributed by atoms with E-state index in [1.807, 2.05) is 0 Å². The first kappa shape index (κ1) is 14.4. The number of nitrogens with zero attached hydrogens (tertiary/aromatic N) is 1. The molecule has 0 bridgehead atoms. The minimum Gasteiger partial charge on any atom is -0.465 e. The zero-order chi connectivity index (χ0) is 15.1. The van der Waals surface area contributed by atoms with Crippen LogP contribution in [0, 0.1) is 0 Å². The van der Waals surface area contributed by atoms with Crippen molar-refractivity contribution in [3.05, 3.63) is 29.8 Å². The topological polar surface area (TPSA) is 66.8 Å². The highest BCUT2D eigenvalue weighted by molar-refractivity contribution is 5.97. The number of hydrogen-bond donors (Lipinski definition) is 1. The van der Waals surface area contributed by atoms with Gasteiger partial charge in [0.05, 0.1) is 5.69 Å². The van der Waals surface area contributed by atoms with Crippen LogP contribution >= 0.6 is 0 Å². The molecule has 1 aliphatic rings. The van der Waals surface area contributed by atoms with Crippen LogP contribution in [-0.2, 0) is 14.9 Å². The van der Waals surface area contributed by atoms with Crippen molar-refractivity contribution in [1.29, 1.82) is 0 Å². The first-order chi connectivity index (χ1) is 9.15. The fraction of sp³-hybridized carbons (Fsp3) is 0.467. The number of anilines is 1. The molecule has 1 N–H and O–H groups in total. The van der Waals surface area contributed by atoms with Gasteiger partial charge in [-0.25, -0.2) is 4.79 Å². The first-order valence-corrected chi connectivity index (χ1v) is 6.48. The molecule has 2 rings (SSSR count). The van der Waals surface area contributed by atoms with Crippen LogP contribution in [0.4, 0.5) is 10.5 Å². The second kappa shape index (κ2) is 4.51. The lowest BCUT2D eigenvalue weighted by atomic mass is 9.84. The maximum atomic E-state index is 12.5. The summed E-state index contributed by atoms with van der Waals surface area (Å²) in [6, 6.07) is 7.05. The number of fused-ring (bicyclic) bond motifs is 1. The average Bonchev–Trinajstić information content (AvgIpc) is 2.63. The predicted octanol–water partition coefficient (Wildman–Crippen LogP) is 2.78. The van der Waals surface area contributed by atoms with E-state index in [9.17, 15) is 14.7 Å². The molecule has 1 amide bonds. The van der Waals surface area contributed by atoms with Crippen LogP contribution in [0.25, 0.3) is 0 Å². The summed E-state index contributed by atoms with van der Waals surface area (Å²) in [6.45, 7) is 7.19. The SMILES string of the molecule is CC(C)(C)OC(=O)C1(C)CN(C(=O)O)c2ccccc21. The highest BCUT2D eigenvalue weighted by Crippen LogP contribution is 2.42. The van der Waals surface area contributed by atoms with Crippen molar-refractivity contribution >= 4 is 17.7 Å². The predicted molar refractivity (Wildman–Crippen MR) is 75.0 cm³/mol. The Morgan fingerprint density at radius 1 is 1.30 bits per heavy atom. The van der Waals surface area contributed by atoms with Gasteiger partial charge in [-0.1, -0.05) is 18.2 Å². The quantitative estimate of drug-likeness (QED) is 0.801. The van der Waals surface area contributed by atoms with Crippen LogP contribution < -0.4 is 4.90 Å². The van der Waals surface area contributed by atoms with Crippen LogP contribution in [0.2, 0.25) is 0 Å².